The third-order valence-electron chi connectivity index (χ3n) is 4.37. The summed E-state index contributed by atoms with van der Waals surface area (Å²) in [6, 6.07) is 12.3. The Balaban J connectivity index is 2.00. The average Bonchev–Trinajstić information content (AvgIpc) is 3.03. The molecular formula is C21H20N4. The summed E-state index contributed by atoms with van der Waals surface area (Å²) in [4.78, 5) is 9.31. The predicted molar refractivity (Wildman–Crippen MR) is 103 cm³/mol. The monoisotopic (exact) mass is 328 g/mol. The van der Waals surface area contributed by atoms with Gasteiger partial charge >= 0.3 is 0 Å². The molecule has 0 N–H and O–H groups in total. The molecule has 4 aromatic rings. The fourth-order valence-corrected chi connectivity index (χ4v) is 3.04. The lowest BCUT2D eigenvalue weighted by molar-refractivity contribution is 0.546. The van der Waals surface area contributed by atoms with Gasteiger partial charge in [-0.3, -0.25) is 4.98 Å². The number of nitrogens with zero attached hydrogens (tertiary/aromatic N) is 4. The smallest absolute Gasteiger partial charge is 0.163 e. The van der Waals surface area contributed by atoms with Crippen molar-refractivity contribution in [2.45, 2.75) is 26.2 Å². The molecule has 0 atom stereocenters. The third kappa shape index (κ3) is 2.60. The van der Waals surface area contributed by atoms with E-state index in [1.54, 1.807) is 6.08 Å². The highest BCUT2D eigenvalue weighted by molar-refractivity contribution is 5.86. The first kappa shape index (κ1) is 15.5. The van der Waals surface area contributed by atoms with Crippen molar-refractivity contribution < 1.29 is 0 Å². The highest BCUT2D eigenvalue weighted by Gasteiger charge is 2.21. The number of rotatable bonds is 2. The molecule has 4 rings (SSSR count). The zero-order chi connectivity index (χ0) is 17.6. The molecule has 1 aromatic carbocycles. The van der Waals surface area contributed by atoms with E-state index in [-0.39, 0.29) is 5.41 Å². The zero-order valence-corrected chi connectivity index (χ0v) is 14.7. The molecule has 0 spiro atoms. The molecular weight excluding hydrogens is 308 g/mol. The van der Waals surface area contributed by atoms with Gasteiger partial charge in [0.2, 0.25) is 0 Å². The number of hydrogen-bond acceptors (Lipinski definition) is 3. The summed E-state index contributed by atoms with van der Waals surface area (Å²) in [5.74, 6) is 0. The van der Waals surface area contributed by atoms with E-state index >= 15 is 0 Å². The maximum atomic E-state index is 4.74. The van der Waals surface area contributed by atoms with Gasteiger partial charge in [0.1, 0.15) is 0 Å². The van der Waals surface area contributed by atoms with E-state index in [0.29, 0.717) is 0 Å². The van der Waals surface area contributed by atoms with Crippen LogP contribution < -0.4 is 0 Å². The van der Waals surface area contributed by atoms with Crippen LogP contribution in [0.25, 0.3) is 33.8 Å². The van der Waals surface area contributed by atoms with Crippen LogP contribution in [0.1, 0.15) is 32.2 Å². The van der Waals surface area contributed by atoms with Crippen molar-refractivity contribution in [3.8, 4) is 11.1 Å². The van der Waals surface area contributed by atoms with Gasteiger partial charge in [-0.1, -0.05) is 45.5 Å². The van der Waals surface area contributed by atoms with Crippen molar-refractivity contribution in [3.05, 3.63) is 66.8 Å². The van der Waals surface area contributed by atoms with E-state index in [9.17, 15) is 0 Å². The molecule has 25 heavy (non-hydrogen) atoms. The van der Waals surface area contributed by atoms with Crippen molar-refractivity contribution in [1.29, 1.82) is 0 Å². The van der Waals surface area contributed by atoms with Gasteiger partial charge in [0.05, 0.1) is 23.1 Å². The Bertz CT molecular complexity index is 1100. The molecule has 0 unspecified atom stereocenters. The fraction of sp³-hybridized carbons (Fsp3) is 0.190. The summed E-state index contributed by atoms with van der Waals surface area (Å²) in [5.41, 5.74) is 5.72. The summed E-state index contributed by atoms with van der Waals surface area (Å²) >= 11 is 0. The second-order valence-electron chi connectivity index (χ2n) is 7.23. The Kier molecular flexibility index (Phi) is 3.42. The second kappa shape index (κ2) is 5.52. The summed E-state index contributed by atoms with van der Waals surface area (Å²) in [6.45, 7) is 10.4. The average molecular weight is 328 g/mol. The molecule has 4 nitrogen and oxygen atoms in total. The Morgan fingerprint density at radius 3 is 2.64 bits per heavy atom. The van der Waals surface area contributed by atoms with Crippen LogP contribution in [0.4, 0.5) is 0 Å². The molecule has 0 bridgehead atoms. The van der Waals surface area contributed by atoms with Crippen molar-refractivity contribution in [1.82, 2.24) is 19.6 Å². The molecule has 3 aromatic heterocycles. The Morgan fingerprint density at radius 2 is 1.88 bits per heavy atom. The molecule has 0 radical (unpaired) electrons. The van der Waals surface area contributed by atoms with E-state index in [2.05, 4.69) is 55.6 Å². The maximum absolute atomic E-state index is 4.74. The van der Waals surface area contributed by atoms with Crippen LogP contribution in [0.5, 0.6) is 0 Å². The van der Waals surface area contributed by atoms with Crippen LogP contribution in [0.3, 0.4) is 0 Å². The highest BCUT2D eigenvalue weighted by atomic mass is 15.3. The van der Waals surface area contributed by atoms with Gasteiger partial charge < -0.3 is 0 Å². The summed E-state index contributed by atoms with van der Waals surface area (Å²) in [5, 5.41) is 5.72. The Morgan fingerprint density at radius 1 is 1.08 bits per heavy atom. The van der Waals surface area contributed by atoms with Crippen molar-refractivity contribution in [2.75, 3.05) is 0 Å². The first-order valence-electron chi connectivity index (χ1n) is 8.34. The lowest BCUT2D eigenvalue weighted by Gasteiger charge is -2.20. The number of aromatic nitrogens is 4. The predicted octanol–water partition coefficient (Wildman–Crippen LogP) is 4.89. The van der Waals surface area contributed by atoms with Crippen LogP contribution in [0.15, 0.2) is 55.4 Å². The summed E-state index contributed by atoms with van der Waals surface area (Å²) in [7, 11) is 0. The lowest BCUT2D eigenvalue weighted by Crippen LogP contribution is -2.18. The van der Waals surface area contributed by atoms with Crippen LogP contribution in [-0.4, -0.2) is 19.6 Å². The molecule has 0 aliphatic heterocycles. The molecule has 124 valence electrons. The molecule has 0 aliphatic rings. The largest absolute Gasteiger partial charge is 0.256 e. The van der Waals surface area contributed by atoms with Crippen LogP contribution in [0, 0.1) is 0 Å². The molecule has 3 heterocycles. The lowest BCUT2D eigenvalue weighted by atomic mass is 9.91. The van der Waals surface area contributed by atoms with E-state index < -0.39 is 0 Å². The minimum absolute atomic E-state index is 0.0517. The van der Waals surface area contributed by atoms with Gasteiger partial charge in [0, 0.05) is 28.1 Å². The quantitative estimate of drug-likeness (QED) is 0.526. The number of para-hydroxylation sites is 1. The minimum Gasteiger partial charge on any atom is -0.256 e. The molecule has 0 saturated carbocycles. The van der Waals surface area contributed by atoms with Gasteiger partial charge in [0.15, 0.2) is 5.65 Å². The fourth-order valence-electron chi connectivity index (χ4n) is 3.04. The van der Waals surface area contributed by atoms with E-state index in [4.69, 9.17) is 4.98 Å². The van der Waals surface area contributed by atoms with Gasteiger partial charge in [0.25, 0.3) is 0 Å². The van der Waals surface area contributed by atoms with Crippen LogP contribution >= 0.6 is 0 Å². The SMILES string of the molecule is C=Cc1cc(C(C)(C)C)n2ncc(-c3cnc4ccccc4c3)c2n1. The van der Waals surface area contributed by atoms with E-state index in [1.807, 2.05) is 35.1 Å². The first-order chi connectivity index (χ1) is 12.0. The van der Waals surface area contributed by atoms with E-state index in [1.165, 1.54) is 0 Å². The first-order valence-corrected chi connectivity index (χ1v) is 8.34. The summed E-state index contributed by atoms with van der Waals surface area (Å²) in [6.07, 6.45) is 5.54. The molecule has 4 heteroatoms. The van der Waals surface area contributed by atoms with Crippen LogP contribution in [-0.2, 0) is 5.41 Å². The van der Waals surface area contributed by atoms with Gasteiger partial charge in [-0.05, 0) is 24.3 Å². The molecule has 0 amide bonds. The zero-order valence-electron chi connectivity index (χ0n) is 14.7. The Hall–Kier alpha value is -3.01. The third-order valence-corrected chi connectivity index (χ3v) is 4.37. The number of fused-ring (bicyclic) bond motifs is 2. The molecule has 0 fully saturated rings. The van der Waals surface area contributed by atoms with Crippen molar-refractivity contribution in [3.63, 3.8) is 0 Å². The highest BCUT2D eigenvalue weighted by Crippen LogP contribution is 2.30. The van der Waals surface area contributed by atoms with Gasteiger partial charge in [-0.25, -0.2) is 9.50 Å². The summed E-state index contributed by atoms with van der Waals surface area (Å²) < 4.78 is 1.93. The molecule has 0 aliphatic carbocycles. The Labute approximate surface area is 146 Å². The van der Waals surface area contributed by atoms with E-state index in [0.717, 1.165) is 39.1 Å². The molecule has 0 saturated heterocycles. The standard InChI is InChI=1S/C21H20N4/c1-5-16-11-19(21(2,3)4)25-20(24-16)17(13-23-25)15-10-14-8-6-7-9-18(14)22-12-15/h5-13H,1H2,2-4H3. The van der Waals surface area contributed by atoms with Crippen molar-refractivity contribution in [2.24, 2.45) is 0 Å². The topological polar surface area (TPSA) is 43.1 Å². The number of hydrogen-bond donors (Lipinski definition) is 0. The van der Waals surface area contributed by atoms with Gasteiger partial charge in [-0.2, -0.15) is 5.10 Å². The maximum Gasteiger partial charge on any atom is 0.163 e. The number of benzene rings is 1. The second-order valence-corrected chi connectivity index (χ2v) is 7.23. The minimum atomic E-state index is -0.0517. The normalized spacial score (nSPS) is 12.0. The number of pyridine rings is 1. The van der Waals surface area contributed by atoms with Crippen molar-refractivity contribution >= 4 is 22.6 Å². The van der Waals surface area contributed by atoms with Crippen LogP contribution in [0.2, 0.25) is 0 Å². The van der Waals surface area contributed by atoms with Gasteiger partial charge in [-0.15, -0.1) is 0 Å².